The molecule has 1 aromatic heterocycles. The molecule has 130 valence electrons. The second-order valence-electron chi connectivity index (χ2n) is 6.05. The minimum Gasteiger partial charge on any atom is -0.508 e. The lowest BCUT2D eigenvalue weighted by atomic mass is 9.93. The lowest BCUT2D eigenvalue weighted by Gasteiger charge is -2.13. The average Bonchev–Trinajstić information content (AvgIpc) is 2.97. The summed E-state index contributed by atoms with van der Waals surface area (Å²) < 4.78 is 39.8. The zero-order valence-corrected chi connectivity index (χ0v) is 13.5. The van der Waals surface area contributed by atoms with Crippen molar-refractivity contribution < 1.29 is 23.1 Å². The molecule has 2 N–H and O–H groups in total. The van der Waals surface area contributed by atoms with Crippen LogP contribution in [0.15, 0.2) is 36.4 Å². The molecule has 0 aliphatic rings. The molecule has 0 spiro atoms. The second-order valence-corrected chi connectivity index (χ2v) is 6.05. The number of ketones is 1. The topological polar surface area (TPSA) is 66.0 Å². The van der Waals surface area contributed by atoms with Gasteiger partial charge in [-0.1, -0.05) is 19.9 Å². The van der Waals surface area contributed by atoms with Gasteiger partial charge in [-0.15, -0.1) is 0 Å². The van der Waals surface area contributed by atoms with Gasteiger partial charge in [-0.2, -0.15) is 18.3 Å². The van der Waals surface area contributed by atoms with Crippen LogP contribution in [0.1, 0.15) is 46.9 Å². The smallest absolute Gasteiger partial charge is 0.418 e. The molecule has 1 heterocycles. The molecule has 0 aliphatic carbocycles. The molecule has 3 rings (SSSR count). The molecular weight excluding hydrogens is 333 g/mol. The number of rotatable bonds is 3. The minimum absolute atomic E-state index is 0.00865. The molecule has 4 nitrogen and oxygen atoms in total. The lowest BCUT2D eigenvalue weighted by Crippen LogP contribution is -2.08. The van der Waals surface area contributed by atoms with Crippen LogP contribution < -0.4 is 0 Å². The number of carbonyl (C=O) groups is 1. The molecule has 0 saturated carbocycles. The first-order valence-corrected chi connectivity index (χ1v) is 7.62. The van der Waals surface area contributed by atoms with Crippen molar-refractivity contribution in [3.63, 3.8) is 0 Å². The molecule has 0 unspecified atom stereocenters. The maximum atomic E-state index is 13.3. The number of H-pyrrole nitrogens is 1. The summed E-state index contributed by atoms with van der Waals surface area (Å²) in [5.41, 5.74) is -0.266. The zero-order valence-electron chi connectivity index (χ0n) is 13.5. The van der Waals surface area contributed by atoms with Gasteiger partial charge in [0.25, 0.3) is 0 Å². The molecule has 0 aliphatic heterocycles. The Kier molecular flexibility index (Phi) is 4.02. The van der Waals surface area contributed by atoms with Crippen molar-refractivity contribution in [1.29, 1.82) is 0 Å². The van der Waals surface area contributed by atoms with E-state index < -0.39 is 17.5 Å². The van der Waals surface area contributed by atoms with Crippen LogP contribution in [-0.4, -0.2) is 21.1 Å². The van der Waals surface area contributed by atoms with Gasteiger partial charge in [-0.3, -0.25) is 9.89 Å². The van der Waals surface area contributed by atoms with Crippen molar-refractivity contribution in [3.05, 3.63) is 58.8 Å². The van der Waals surface area contributed by atoms with E-state index >= 15 is 0 Å². The Morgan fingerprint density at radius 1 is 1.12 bits per heavy atom. The number of benzene rings is 2. The van der Waals surface area contributed by atoms with E-state index in [0.717, 1.165) is 6.07 Å². The number of nitrogens with zero attached hydrogens (tertiary/aromatic N) is 1. The fourth-order valence-corrected chi connectivity index (χ4v) is 2.79. The van der Waals surface area contributed by atoms with Crippen LogP contribution >= 0.6 is 0 Å². The normalized spacial score (nSPS) is 12.1. The van der Waals surface area contributed by atoms with Crippen LogP contribution in [0.3, 0.4) is 0 Å². The maximum absolute atomic E-state index is 13.3. The Morgan fingerprint density at radius 2 is 1.76 bits per heavy atom. The minimum atomic E-state index is -4.56. The summed E-state index contributed by atoms with van der Waals surface area (Å²) in [5, 5.41) is 15.8. The number of alkyl halides is 3. The zero-order chi connectivity index (χ0) is 18.4. The number of halogens is 3. The molecular formula is C18H15F3N2O2. The van der Waals surface area contributed by atoms with Crippen molar-refractivity contribution in [3.8, 4) is 5.75 Å². The van der Waals surface area contributed by atoms with Crippen molar-refractivity contribution in [2.45, 2.75) is 25.9 Å². The third kappa shape index (κ3) is 2.97. The molecule has 2 aromatic carbocycles. The molecule has 0 amide bonds. The van der Waals surface area contributed by atoms with Crippen LogP contribution in [0.2, 0.25) is 0 Å². The largest absolute Gasteiger partial charge is 0.508 e. The highest BCUT2D eigenvalue weighted by atomic mass is 19.4. The Labute approximate surface area is 141 Å². The third-order valence-electron chi connectivity index (χ3n) is 4.03. The summed E-state index contributed by atoms with van der Waals surface area (Å²) in [6.07, 6.45) is -4.56. The van der Waals surface area contributed by atoms with E-state index in [1.165, 1.54) is 30.3 Å². The van der Waals surface area contributed by atoms with Gasteiger partial charge in [0.2, 0.25) is 5.78 Å². The third-order valence-corrected chi connectivity index (χ3v) is 4.03. The molecule has 7 heteroatoms. The Morgan fingerprint density at radius 3 is 2.32 bits per heavy atom. The van der Waals surface area contributed by atoms with Crippen molar-refractivity contribution in [1.82, 2.24) is 10.2 Å². The first kappa shape index (κ1) is 17.0. The van der Waals surface area contributed by atoms with Crippen molar-refractivity contribution in [2.24, 2.45) is 0 Å². The summed E-state index contributed by atoms with van der Waals surface area (Å²) in [5.74, 6) is -0.605. The maximum Gasteiger partial charge on any atom is 0.418 e. The monoisotopic (exact) mass is 348 g/mol. The lowest BCUT2D eigenvalue weighted by molar-refractivity contribution is -0.136. The van der Waals surface area contributed by atoms with E-state index in [4.69, 9.17) is 0 Å². The van der Waals surface area contributed by atoms with Gasteiger partial charge in [0, 0.05) is 10.9 Å². The Bertz CT molecular complexity index is 941. The quantitative estimate of drug-likeness (QED) is 0.678. The number of aromatic hydroxyl groups is 1. The number of carbonyl (C=O) groups excluding carboxylic acids is 1. The van der Waals surface area contributed by atoms with Gasteiger partial charge in [0.1, 0.15) is 11.4 Å². The summed E-state index contributed by atoms with van der Waals surface area (Å²) in [4.78, 5) is 12.7. The van der Waals surface area contributed by atoms with Crippen LogP contribution in [0.25, 0.3) is 10.9 Å². The van der Waals surface area contributed by atoms with Gasteiger partial charge >= 0.3 is 6.18 Å². The van der Waals surface area contributed by atoms with Gasteiger partial charge in [0.15, 0.2) is 0 Å². The predicted octanol–water partition coefficient (Wildman–Crippen LogP) is 4.64. The molecule has 3 aromatic rings. The second kappa shape index (κ2) is 5.91. The molecule has 25 heavy (non-hydrogen) atoms. The van der Waals surface area contributed by atoms with Gasteiger partial charge in [-0.25, -0.2) is 0 Å². The summed E-state index contributed by atoms with van der Waals surface area (Å²) in [6, 6.07) is 7.88. The van der Waals surface area contributed by atoms with Crippen LogP contribution in [0.5, 0.6) is 5.75 Å². The molecule has 0 fully saturated rings. The van der Waals surface area contributed by atoms with E-state index in [1.54, 1.807) is 0 Å². The predicted molar refractivity (Wildman–Crippen MR) is 86.7 cm³/mol. The molecule has 0 radical (unpaired) electrons. The first-order chi connectivity index (χ1) is 11.7. The van der Waals surface area contributed by atoms with Crippen LogP contribution in [0, 0.1) is 0 Å². The van der Waals surface area contributed by atoms with E-state index in [-0.39, 0.29) is 33.8 Å². The number of phenols is 1. The number of fused-ring (bicyclic) bond motifs is 1. The highest BCUT2D eigenvalue weighted by molar-refractivity contribution is 6.15. The van der Waals surface area contributed by atoms with E-state index in [9.17, 15) is 23.1 Å². The van der Waals surface area contributed by atoms with Gasteiger partial charge in [0.05, 0.1) is 11.1 Å². The molecule has 0 bridgehead atoms. The number of hydrogen-bond acceptors (Lipinski definition) is 3. The molecule has 0 saturated heterocycles. The first-order valence-electron chi connectivity index (χ1n) is 7.62. The fraction of sp³-hybridized carbons (Fsp3) is 0.222. The van der Waals surface area contributed by atoms with E-state index in [2.05, 4.69) is 10.2 Å². The van der Waals surface area contributed by atoms with Crippen LogP contribution in [0.4, 0.5) is 13.2 Å². The number of hydrogen-bond donors (Lipinski definition) is 2. The fourth-order valence-electron chi connectivity index (χ4n) is 2.79. The average molecular weight is 348 g/mol. The summed E-state index contributed by atoms with van der Waals surface area (Å²) in [7, 11) is 0. The SMILES string of the molecule is CC(C)c1ccc(C(F)(F)F)c2[nH]nc(C(=O)c3ccc(O)cc3)c12. The van der Waals surface area contributed by atoms with Gasteiger partial charge in [-0.05, 0) is 41.8 Å². The van der Waals surface area contributed by atoms with Crippen LogP contribution in [-0.2, 0) is 6.18 Å². The number of phenolic OH excluding ortho intramolecular Hbond substituents is 1. The van der Waals surface area contributed by atoms with Crippen molar-refractivity contribution in [2.75, 3.05) is 0 Å². The number of aromatic amines is 1. The molecule has 0 atom stereocenters. The Hall–Kier alpha value is -2.83. The number of aromatic nitrogens is 2. The standard InChI is InChI=1S/C18H15F3N2O2/c1-9(2)12-7-8-13(18(19,20)21)15-14(12)16(23-22-15)17(25)10-3-5-11(24)6-4-10/h3-9,24H,1-2H3,(H,22,23). The van der Waals surface area contributed by atoms with E-state index in [0.29, 0.717) is 5.56 Å². The highest BCUT2D eigenvalue weighted by Crippen LogP contribution is 2.38. The summed E-state index contributed by atoms with van der Waals surface area (Å²) in [6.45, 7) is 3.67. The summed E-state index contributed by atoms with van der Waals surface area (Å²) >= 11 is 0. The highest BCUT2D eigenvalue weighted by Gasteiger charge is 2.35. The Balaban J connectivity index is 2.26. The van der Waals surface area contributed by atoms with Gasteiger partial charge < -0.3 is 5.11 Å². The van der Waals surface area contributed by atoms with Crippen molar-refractivity contribution >= 4 is 16.7 Å². The van der Waals surface area contributed by atoms with E-state index in [1.807, 2.05) is 13.8 Å². The number of nitrogens with one attached hydrogen (secondary N) is 1.